The molecule has 6 heteroatoms. The first kappa shape index (κ1) is 13.8. The number of carbonyl (C=O) groups excluding carboxylic acids is 1. The molecule has 0 atom stereocenters. The third-order valence-corrected chi connectivity index (χ3v) is 4.06. The van der Waals surface area contributed by atoms with Gasteiger partial charge in [-0.15, -0.1) is 0 Å². The molecule has 3 rings (SSSR count). The number of hydrogen-bond donors (Lipinski definition) is 0. The minimum atomic E-state index is -0.506. The summed E-state index contributed by atoms with van der Waals surface area (Å²) < 4.78 is 20.0. The Balaban J connectivity index is 2.14. The predicted molar refractivity (Wildman–Crippen MR) is 79.0 cm³/mol. The van der Waals surface area contributed by atoms with Gasteiger partial charge in [-0.3, -0.25) is 9.36 Å². The van der Waals surface area contributed by atoms with Gasteiger partial charge in [-0.05, 0) is 46.3 Å². The molecule has 3 aromatic rings. The minimum absolute atomic E-state index is 0.115. The molecule has 2 aromatic carbocycles. The molecule has 1 aromatic heterocycles. The van der Waals surface area contributed by atoms with Crippen molar-refractivity contribution >= 4 is 32.8 Å². The molecule has 21 heavy (non-hydrogen) atoms. The molecule has 0 N–H and O–H groups in total. The second-order valence-corrected chi connectivity index (χ2v) is 5.33. The SMILES string of the molecule is Cn1c(=O)oc2cc(C(=O)c3cccc(F)c3Br)ccc21. The van der Waals surface area contributed by atoms with Crippen LogP contribution in [0.5, 0.6) is 0 Å². The van der Waals surface area contributed by atoms with E-state index in [0.717, 1.165) is 0 Å². The highest BCUT2D eigenvalue weighted by Gasteiger charge is 2.17. The normalized spacial score (nSPS) is 11.0. The number of ketones is 1. The lowest BCUT2D eigenvalue weighted by Gasteiger charge is -2.04. The van der Waals surface area contributed by atoms with Gasteiger partial charge in [-0.2, -0.15) is 0 Å². The van der Waals surface area contributed by atoms with Gasteiger partial charge in [0.05, 0.1) is 9.99 Å². The molecule has 0 spiro atoms. The number of benzene rings is 2. The molecule has 0 saturated carbocycles. The summed E-state index contributed by atoms with van der Waals surface area (Å²) in [5.41, 5.74) is 1.45. The Morgan fingerprint density at radius 3 is 2.81 bits per heavy atom. The summed E-state index contributed by atoms with van der Waals surface area (Å²) >= 11 is 3.07. The van der Waals surface area contributed by atoms with E-state index in [1.54, 1.807) is 19.2 Å². The van der Waals surface area contributed by atoms with Gasteiger partial charge in [0, 0.05) is 18.2 Å². The van der Waals surface area contributed by atoms with Gasteiger partial charge in [0.1, 0.15) is 5.82 Å². The molecule has 4 nitrogen and oxygen atoms in total. The summed E-state index contributed by atoms with van der Waals surface area (Å²) in [6, 6.07) is 8.95. The van der Waals surface area contributed by atoms with Crippen molar-refractivity contribution in [2.24, 2.45) is 7.05 Å². The number of nitrogens with zero attached hydrogens (tertiary/aromatic N) is 1. The Morgan fingerprint density at radius 1 is 1.29 bits per heavy atom. The lowest BCUT2D eigenvalue weighted by atomic mass is 10.0. The van der Waals surface area contributed by atoms with Crippen LogP contribution in [-0.4, -0.2) is 10.4 Å². The molecule has 0 bridgehead atoms. The highest BCUT2D eigenvalue weighted by molar-refractivity contribution is 9.10. The van der Waals surface area contributed by atoms with Crippen molar-refractivity contribution in [1.82, 2.24) is 4.57 Å². The first-order valence-electron chi connectivity index (χ1n) is 6.07. The molecular weight excluding hydrogens is 341 g/mol. The highest BCUT2D eigenvalue weighted by Crippen LogP contribution is 2.24. The maximum atomic E-state index is 13.5. The fourth-order valence-corrected chi connectivity index (χ4v) is 2.55. The number of aryl methyl sites for hydroxylation is 1. The molecule has 0 aliphatic carbocycles. The standard InChI is InChI=1S/C15H9BrFNO3/c1-18-11-6-5-8(7-12(11)21-15(18)20)14(19)9-3-2-4-10(17)13(9)16/h2-7H,1H3. The van der Waals surface area contributed by atoms with E-state index in [4.69, 9.17) is 4.42 Å². The second kappa shape index (κ2) is 4.96. The van der Waals surface area contributed by atoms with Crippen LogP contribution in [0, 0.1) is 5.82 Å². The van der Waals surface area contributed by atoms with E-state index in [2.05, 4.69) is 15.9 Å². The van der Waals surface area contributed by atoms with Crippen molar-refractivity contribution in [2.45, 2.75) is 0 Å². The van der Waals surface area contributed by atoms with Crippen LogP contribution in [0.25, 0.3) is 11.1 Å². The number of aromatic nitrogens is 1. The summed E-state index contributed by atoms with van der Waals surface area (Å²) in [7, 11) is 1.58. The summed E-state index contributed by atoms with van der Waals surface area (Å²) in [5.74, 6) is -1.36. The lowest BCUT2D eigenvalue weighted by molar-refractivity contribution is 0.103. The molecule has 0 aliphatic rings. The van der Waals surface area contributed by atoms with E-state index in [1.807, 2.05) is 0 Å². The average Bonchev–Trinajstić information content (AvgIpc) is 2.76. The molecule has 0 aliphatic heterocycles. The molecule has 0 amide bonds. The van der Waals surface area contributed by atoms with Crippen LogP contribution in [0.3, 0.4) is 0 Å². The van der Waals surface area contributed by atoms with Gasteiger partial charge in [-0.1, -0.05) is 6.07 Å². The Kier molecular flexibility index (Phi) is 3.25. The smallest absolute Gasteiger partial charge is 0.408 e. The number of carbonyl (C=O) groups is 1. The zero-order valence-corrected chi connectivity index (χ0v) is 12.5. The van der Waals surface area contributed by atoms with Gasteiger partial charge in [-0.25, -0.2) is 9.18 Å². The topological polar surface area (TPSA) is 52.2 Å². The largest absolute Gasteiger partial charge is 0.419 e. The van der Waals surface area contributed by atoms with E-state index < -0.39 is 11.6 Å². The van der Waals surface area contributed by atoms with Crippen LogP contribution >= 0.6 is 15.9 Å². The average molecular weight is 350 g/mol. The lowest BCUT2D eigenvalue weighted by Crippen LogP contribution is -2.08. The predicted octanol–water partition coefficient (Wildman–Crippen LogP) is 3.26. The van der Waals surface area contributed by atoms with Crippen molar-refractivity contribution in [1.29, 1.82) is 0 Å². The molecule has 0 saturated heterocycles. The van der Waals surface area contributed by atoms with Crippen molar-refractivity contribution < 1.29 is 13.6 Å². The molecule has 0 unspecified atom stereocenters. The van der Waals surface area contributed by atoms with Gasteiger partial charge >= 0.3 is 5.76 Å². The summed E-state index contributed by atoms with van der Waals surface area (Å²) in [6.07, 6.45) is 0. The van der Waals surface area contributed by atoms with E-state index in [1.165, 1.54) is 28.8 Å². The van der Waals surface area contributed by atoms with E-state index in [-0.39, 0.29) is 15.8 Å². The van der Waals surface area contributed by atoms with Crippen LogP contribution in [0.2, 0.25) is 0 Å². The quantitative estimate of drug-likeness (QED) is 0.667. The highest BCUT2D eigenvalue weighted by atomic mass is 79.9. The van der Waals surface area contributed by atoms with Crippen LogP contribution in [0.1, 0.15) is 15.9 Å². The summed E-state index contributed by atoms with van der Waals surface area (Å²) in [6.45, 7) is 0. The molecular formula is C15H9BrFNO3. The zero-order chi connectivity index (χ0) is 15.1. The van der Waals surface area contributed by atoms with Crippen LogP contribution in [0.4, 0.5) is 4.39 Å². The maximum Gasteiger partial charge on any atom is 0.419 e. The third-order valence-electron chi connectivity index (χ3n) is 3.25. The van der Waals surface area contributed by atoms with Gasteiger partial charge in [0.25, 0.3) is 0 Å². The molecule has 1 heterocycles. The summed E-state index contributed by atoms with van der Waals surface area (Å²) in [5, 5.41) is 0. The van der Waals surface area contributed by atoms with E-state index in [9.17, 15) is 14.0 Å². The van der Waals surface area contributed by atoms with E-state index in [0.29, 0.717) is 16.7 Å². The monoisotopic (exact) mass is 349 g/mol. The number of oxazole rings is 1. The Labute approximate surface area is 126 Å². The number of fused-ring (bicyclic) bond motifs is 1. The third kappa shape index (κ3) is 2.21. The van der Waals surface area contributed by atoms with Crippen molar-refractivity contribution in [3.8, 4) is 0 Å². The number of halogens is 2. The maximum absolute atomic E-state index is 13.5. The van der Waals surface area contributed by atoms with Crippen LogP contribution in [-0.2, 0) is 7.05 Å². The van der Waals surface area contributed by atoms with Crippen LogP contribution < -0.4 is 5.76 Å². The van der Waals surface area contributed by atoms with Gasteiger partial charge < -0.3 is 4.42 Å². The zero-order valence-electron chi connectivity index (χ0n) is 10.9. The Bertz CT molecular complexity index is 926. The fourth-order valence-electron chi connectivity index (χ4n) is 2.11. The van der Waals surface area contributed by atoms with E-state index >= 15 is 0 Å². The first-order valence-corrected chi connectivity index (χ1v) is 6.86. The number of rotatable bonds is 2. The molecule has 0 fully saturated rings. The van der Waals surface area contributed by atoms with Crippen molar-refractivity contribution in [2.75, 3.05) is 0 Å². The van der Waals surface area contributed by atoms with Crippen LogP contribution in [0.15, 0.2) is 50.1 Å². The Hall–Kier alpha value is -2.21. The number of hydrogen-bond acceptors (Lipinski definition) is 3. The molecule has 106 valence electrons. The molecule has 0 radical (unpaired) electrons. The van der Waals surface area contributed by atoms with Gasteiger partial charge in [0.2, 0.25) is 0 Å². The second-order valence-electron chi connectivity index (χ2n) is 4.54. The minimum Gasteiger partial charge on any atom is -0.408 e. The van der Waals surface area contributed by atoms with Crippen molar-refractivity contribution in [3.63, 3.8) is 0 Å². The van der Waals surface area contributed by atoms with Gasteiger partial charge in [0.15, 0.2) is 11.4 Å². The summed E-state index contributed by atoms with van der Waals surface area (Å²) in [4.78, 5) is 23.9. The first-order chi connectivity index (χ1) is 9.99. The Morgan fingerprint density at radius 2 is 2.05 bits per heavy atom. The fraction of sp³-hybridized carbons (Fsp3) is 0.0667. The van der Waals surface area contributed by atoms with Crippen molar-refractivity contribution in [3.05, 3.63) is 68.4 Å².